The summed E-state index contributed by atoms with van der Waals surface area (Å²) >= 11 is 0. The van der Waals surface area contributed by atoms with Crippen LogP contribution >= 0.6 is 0 Å². The fraction of sp³-hybridized carbons (Fsp3) is 0.571. The molecule has 5 heteroatoms. The molecule has 0 aliphatic heterocycles. The van der Waals surface area contributed by atoms with Crippen LogP contribution in [-0.4, -0.2) is 19.3 Å². The zero-order valence-corrected chi connectivity index (χ0v) is 11.5. The molecule has 1 rings (SSSR count). The van der Waals surface area contributed by atoms with Gasteiger partial charge in [-0.1, -0.05) is 20.8 Å². The molecule has 0 spiro atoms. The normalized spacial score (nSPS) is 12.3. The first-order valence-corrected chi connectivity index (χ1v) is 6.19. The van der Waals surface area contributed by atoms with Crippen molar-refractivity contribution in [3.8, 4) is 5.75 Å². The number of halogens is 3. The van der Waals surface area contributed by atoms with Crippen LogP contribution in [0.2, 0.25) is 0 Å². The van der Waals surface area contributed by atoms with Crippen molar-refractivity contribution in [2.75, 3.05) is 18.5 Å². The molecule has 0 heterocycles. The number of nitrogens with one attached hydrogen (secondary N) is 1. The fourth-order valence-electron chi connectivity index (χ4n) is 1.42. The van der Waals surface area contributed by atoms with E-state index in [1.54, 1.807) is 12.1 Å². The summed E-state index contributed by atoms with van der Waals surface area (Å²) in [5.41, 5.74) is 1.13. The van der Waals surface area contributed by atoms with Crippen molar-refractivity contribution >= 4 is 5.69 Å². The maximum Gasteiger partial charge on any atom is 0.422 e. The Kier molecular flexibility index (Phi) is 5.09. The molecule has 108 valence electrons. The van der Waals surface area contributed by atoms with Crippen LogP contribution in [0.4, 0.5) is 18.9 Å². The Balaban J connectivity index is 2.39. The van der Waals surface area contributed by atoms with Crippen LogP contribution in [0, 0.1) is 5.41 Å². The summed E-state index contributed by atoms with van der Waals surface area (Å²) in [6.07, 6.45) is -3.29. The summed E-state index contributed by atoms with van der Waals surface area (Å²) in [5, 5.41) is 3.22. The first-order valence-electron chi connectivity index (χ1n) is 6.19. The lowest BCUT2D eigenvalue weighted by molar-refractivity contribution is -0.153. The molecule has 0 saturated carbocycles. The quantitative estimate of drug-likeness (QED) is 0.855. The molecule has 19 heavy (non-hydrogen) atoms. The second-order valence-corrected chi connectivity index (χ2v) is 5.67. The minimum Gasteiger partial charge on any atom is -0.484 e. The number of rotatable bonds is 5. The van der Waals surface area contributed by atoms with E-state index >= 15 is 0 Å². The van der Waals surface area contributed by atoms with E-state index in [2.05, 4.69) is 30.8 Å². The van der Waals surface area contributed by atoms with Crippen LogP contribution in [0.5, 0.6) is 5.75 Å². The molecule has 0 atom stereocenters. The van der Waals surface area contributed by atoms with Crippen LogP contribution in [-0.2, 0) is 0 Å². The maximum absolute atomic E-state index is 12.0. The highest BCUT2D eigenvalue weighted by molar-refractivity contribution is 5.46. The molecular weight excluding hydrogens is 255 g/mol. The van der Waals surface area contributed by atoms with E-state index in [0.29, 0.717) is 0 Å². The van der Waals surface area contributed by atoms with Gasteiger partial charge >= 0.3 is 6.18 Å². The minimum atomic E-state index is -4.30. The second-order valence-electron chi connectivity index (χ2n) is 5.67. The summed E-state index contributed by atoms with van der Waals surface area (Å²) < 4.78 is 40.5. The third-order valence-corrected chi connectivity index (χ3v) is 2.46. The van der Waals surface area contributed by atoms with Gasteiger partial charge in [0, 0.05) is 12.2 Å². The van der Waals surface area contributed by atoms with E-state index < -0.39 is 12.8 Å². The Morgan fingerprint density at radius 2 is 1.63 bits per heavy atom. The van der Waals surface area contributed by atoms with E-state index in [-0.39, 0.29) is 11.2 Å². The van der Waals surface area contributed by atoms with Gasteiger partial charge in [-0.05, 0) is 36.1 Å². The maximum atomic E-state index is 12.0. The lowest BCUT2D eigenvalue weighted by atomic mass is 9.92. The number of benzene rings is 1. The largest absolute Gasteiger partial charge is 0.484 e. The van der Waals surface area contributed by atoms with Gasteiger partial charge in [-0.2, -0.15) is 13.2 Å². The first kappa shape index (κ1) is 15.7. The molecule has 1 aromatic carbocycles. The predicted molar refractivity (Wildman–Crippen MR) is 70.6 cm³/mol. The van der Waals surface area contributed by atoms with Gasteiger partial charge in [0.25, 0.3) is 0 Å². The lowest BCUT2D eigenvalue weighted by Crippen LogP contribution is -2.19. The van der Waals surface area contributed by atoms with Gasteiger partial charge in [-0.25, -0.2) is 0 Å². The van der Waals surface area contributed by atoms with Gasteiger partial charge in [-0.3, -0.25) is 0 Å². The number of ether oxygens (including phenoxy) is 1. The summed E-state index contributed by atoms with van der Waals surface area (Å²) in [4.78, 5) is 0. The van der Waals surface area contributed by atoms with E-state index in [9.17, 15) is 13.2 Å². The van der Waals surface area contributed by atoms with Gasteiger partial charge < -0.3 is 10.1 Å². The molecule has 0 amide bonds. The highest BCUT2D eigenvalue weighted by Crippen LogP contribution is 2.21. The van der Waals surface area contributed by atoms with Crippen LogP contribution in [0.25, 0.3) is 0 Å². The van der Waals surface area contributed by atoms with Gasteiger partial charge in [0.05, 0.1) is 0 Å². The van der Waals surface area contributed by atoms with E-state index in [0.717, 1.165) is 18.7 Å². The van der Waals surface area contributed by atoms with Crippen molar-refractivity contribution in [2.45, 2.75) is 33.4 Å². The smallest absolute Gasteiger partial charge is 0.422 e. The Hall–Kier alpha value is -1.39. The molecule has 1 aromatic rings. The zero-order chi connectivity index (χ0) is 14.5. The second kappa shape index (κ2) is 6.17. The van der Waals surface area contributed by atoms with Crippen molar-refractivity contribution in [3.05, 3.63) is 24.3 Å². The number of hydrogen-bond donors (Lipinski definition) is 1. The van der Waals surface area contributed by atoms with Crippen LogP contribution in [0.1, 0.15) is 27.2 Å². The Labute approximate surface area is 112 Å². The summed E-state index contributed by atoms with van der Waals surface area (Å²) in [6.45, 7) is 6.03. The average molecular weight is 275 g/mol. The standard InChI is InChI=1S/C14H20F3NO/c1-13(2,3)8-9-18-11-4-6-12(7-5-11)19-10-14(15,16)17/h4-7,18H,8-10H2,1-3H3. The Morgan fingerprint density at radius 1 is 1.05 bits per heavy atom. The topological polar surface area (TPSA) is 21.3 Å². The SMILES string of the molecule is CC(C)(C)CCNc1ccc(OCC(F)(F)F)cc1. The van der Waals surface area contributed by atoms with E-state index in [1.165, 1.54) is 12.1 Å². The van der Waals surface area contributed by atoms with Gasteiger partial charge in [-0.15, -0.1) is 0 Å². The molecule has 0 unspecified atom stereocenters. The Morgan fingerprint density at radius 3 is 2.11 bits per heavy atom. The van der Waals surface area contributed by atoms with E-state index in [1.807, 2.05) is 0 Å². The minimum absolute atomic E-state index is 0.221. The lowest BCUT2D eigenvalue weighted by Gasteiger charge is -2.18. The van der Waals surface area contributed by atoms with Crippen LogP contribution in [0.15, 0.2) is 24.3 Å². The summed E-state index contributed by atoms with van der Waals surface area (Å²) in [7, 11) is 0. The molecule has 0 saturated heterocycles. The molecule has 1 N–H and O–H groups in total. The van der Waals surface area contributed by atoms with E-state index in [4.69, 9.17) is 0 Å². The van der Waals surface area contributed by atoms with Gasteiger partial charge in [0.1, 0.15) is 5.75 Å². The Bertz CT molecular complexity index is 379. The molecule has 2 nitrogen and oxygen atoms in total. The number of alkyl halides is 3. The van der Waals surface area contributed by atoms with Crippen LogP contribution in [0.3, 0.4) is 0 Å². The monoisotopic (exact) mass is 275 g/mol. The molecule has 0 aliphatic rings. The molecular formula is C14H20F3NO. The predicted octanol–water partition coefficient (Wildman–Crippen LogP) is 4.48. The molecule has 0 aliphatic carbocycles. The highest BCUT2D eigenvalue weighted by Gasteiger charge is 2.28. The average Bonchev–Trinajstić information content (AvgIpc) is 2.25. The summed E-state index contributed by atoms with van der Waals surface area (Å²) in [6, 6.07) is 6.50. The van der Waals surface area contributed by atoms with Crippen LogP contribution < -0.4 is 10.1 Å². The van der Waals surface area contributed by atoms with Gasteiger partial charge in [0.15, 0.2) is 6.61 Å². The third kappa shape index (κ3) is 7.59. The van der Waals surface area contributed by atoms with Crippen molar-refractivity contribution in [1.82, 2.24) is 0 Å². The molecule has 0 bridgehead atoms. The van der Waals surface area contributed by atoms with Gasteiger partial charge in [0.2, 0.25) is 0 Å². The third-order valence-electron chi connectivity index (χ3n) is 2.46. The van der Waals surface area contributed by atoms with Crippen molar-refractivity contribution in [1.29, 1.82) is 0 Å². The highest BCUT2D eigenvalue weighted by atomic mass is 19.4. The molecule has 0 aromatic heterocycles. The molecule has 0 fully saturated rings. The fourth-order valence-corrected chi connectivity index (χ4v) is 1.42. The zero-order valence-electron chi connectivity index (χ0n) is 11.5. The summed E-state index contributed by atoms with van der Waals surface area (Å²) in [5.74, 6) is 0.221. The number of anilines is 1. The van der Waals surface area contributed by atoms with Crippen molar-refractivity contribution < 1.29 is 17.9 Å². The van der Waals surface area contributed by atoms with Crippen molar-refractivity contribution in [3.63, 3.8) is 0 Å². The molecule has 0 radical (unpaired) electrons. The first-order chi connectivity index (χ1) is 8.66. The van der Waals surface area contributed by atoms with Crippen molar-refractivity contribution in [2.24, 2.45) is 5.41 Å². The number of hydrogen-bond acceptors (Lipinski definition) is 2.